The average molecular weight is 601 g/mol. The normalized spacial score (nSPS) is 18.5. The number of hydrogen-bond donors (Lipinski definition) is 1. The van der Waals surface area contributed by atoms with Crippen LogP contribution in [0.2, 0.25) is 0 Å². The largest absolute Gasteiger partial charge is 0.393 e. The molecule has 5 heterocycles. The number of nitrogens with zero attached hydrogens (tertiary/aromatic N) is 6. The van der Waals surface area contributed by atoms with E-state index in [-0.39, 0.29) is 52.4 Å². The monoisotopic (exact) mass is 600 g/mol. The summed E-state index contributed by atoms with van der Waals surface area (Å²) in [4.78, 5) is 43.8. The van der Waals surface area contributed by atoms with Crippen LogP contribution in [0.3, 0.4) is 0 Å². The van der Waals surface area contributed by atoms with Crippen LogP contribution in [0, 0.1) is 11.6 Å². The minimum Gasteiger partial charge on any atom is -0.393 e. The van der Waals surface area contributed by atoms with Gasteiger partial charge in [0.15, 0.2) is 5.65 Å². The van der Waals surface area contributed by atoms with Gasteiger partial charge in [0.2, 0.25) is 5.91 Å². The average Bonchev–Trinajstić information content (AvgIpc) is 2.99. The Bertz CT molecular complexity index is 1860. The Hall–Kier alpha value is -4.51. The zero-order valence-corrected chi connectivity index (χ0v) is 24.9. The fraction of sp³-hybridized carbons (Fsp3) is 0.364. The molecule has 3 aromatic heterocycles. The molecule has 4 aromatic rings. The molecule has 0 aliphatic carbocycles. The number of fused-ring (bicyclic) bond motifs is 5. The van der Waals surface area contributed by atoms with Crippen molar-refractivity contribution in [1.29, 1.82) is 0 Å². The number of benzene rings is 1. The van der Waals surface area contributed by atoms with Crippen LogP contribution in [-0.2, 0) is 17.6 Å². The third-order valence-electron chi connectivity index (χ3n) is 8.53. The van der Waals surface area contributed by atoms with Gasteiger partial charge in [0.05, 0.1) is 22.9 Å². The molecule has 1 aromatic carbocycles. The van der Waals surface area contributed by atoms with Crippen LogP contribution in [0.25, 0.3) is 28.0 Å². The lowest BCUT2D eigenvalue weighted by molar-refractivity contribution is -0.126. The molecule has 9 nitrogen and oxygen atoms in total. The summed E-state index contributed by atoms with van der Waals surface area (Å²) in [5.74, 6) is -1.52. The van der Waals surface area contributed by atoms with Gasteiger partial charge < -0.3 is 14.9 Å². The van der Waals surface area contributed by atoms with Crippen LogP contribution < -0.4 is 10.6 Å². The number of aliphatic hydroxyl groups excluding tert-OH is 1. The molecule has 1 fully saturated rings. The molecule has 11 heteroatoms. The third kappa shape index (κ3) is 5.04. The topological polar surface area (TPSA) is 104 Å². The predicted molar refractivity (Wildman–Crippen MR) is 164 cm³/mol. The standard InChI is InChI=1S/C33H34F2N6O3/c1-5-26(43)39-13-14-40(19(4)17-39)31-23-16-25(35)29-27-21(7-6-8-24(27)34)15-22(42)10-9-20-11-12-36-28(18(2)3)30(20)41(32(23)37-29)33(44)38-31/h5-8,11-12,16,18-19,22,42H,1,9-10,13-15,17H2,2-4H3/t19-,22?/m0/s1. The molecule has 0 saturated carbocycles. The highest BCUT2D eigenvalue weighted by Crippen LogP contribution is 2.36. The number of halogens is 2. The van der Waals surface area contributed by atoms with Crippen molar-refractivity contribution < 1.29 is 18.7 Å². The molecular formula is C33H34F2N6O3. The van der Waals surface area contributed by atoms with E-state index in [1.807, 2.05) is 31.7 Å². The van der Waals surface area contributed by atoms with E-state index in [0.717, 1.165) is 5.56 Å². The Kier molecular flexibility index (Phi) is 7.75. The van der Waals surface area contributed by atoms with E-state index >= 15 is 8.78 Å². The van der Waals surface area contributed by atoms with E-state index < -0.39 is 23.4 Å². The summed E-state index contributed by atoms with van der Waals surface area (Å²) in [6, 6.07) is 7.22. The van der Waals surface area contributed by atoms with E-state index in [4.69, 9.17) is 4.98 Å². The van der Waals surface area contributed by atoms with Crippen molar-refractivity contribution in [3.05, 3.63) is 88.1 Å². The van der Waals surface area contributed by atoms with Crippen molar-refractivity contribution >= 4 is 22.8 Å². The number of rotatable bonds is 3. The lowest BCUT2D eigenvalue weighted by Crippen LogP contribution is -2.54. The van der Waals surface area contributed by atoms with Gasteiger partial charge in [-0.25, -0.2) is 23.1 Å². The number of amides is 1. The fourth-order valence-electron chi connectivity index (χ4n) is 6.38. The summed E-state index contributed by atoms with van der Waals surface area (Å²) in [6.07, 6.45) is 2.92. The molecule has 44 heavy (non-hydrogen) atoms. The maximum Gasteiger partial charge on any atom is 0.355 e. The van der Waals surface area contributed by atoms with E-state index in [0.29, 0.717) is 49.4 Å². The summed E-state index contributed by atoms with van der Waals surface area (Å²) in [6.45, 7) is 10.5. The van der Waals surface area contributed by atoms with Gasteiger partial charge in [-0.05, 0) is 67.5 Å². The Labute approximate surface area is 253 Å². The van der Waals surface area contributed by atoms with Gasteiger partial charge >= 0.3 is 5.69 Å². The van der Waals surface area contributed by atoms with Gasteiger partial charge in [0.25, 0.3) is 0 Å². The summed E-state index contributed by atoms with van der Waals surface area (Å²) in [5, 5.41) is 11.3. The van der Waals surface area contributed by atoms with Crippen LogP contribution in [0.4, 0.5) is 14.6 Å². The van der Waals surface area contributed by atoms with Gasteiger partial charge in [0.1, 0.15) is 23.1 Å². The van der Waals surface area contributed by atoms with Gasteiger partial charge in [-0.15, -0.1) is 0 Å². The van der Waals surface area contributed by atoms with Crippen LogP contribution >= 0.6 is 0 Å². The fourth-order valence-corrected chi connectivity index (χ4v) is 6.38. The molecule has 6 rings (SSSR count). The van der Waals surface area contributed by atoms with Gasteiger partial charge in [-0.1, -0.05) is 32.6 Å². The lowest BCUT2D eigenvalue weighted by atomic mass is 9.94. The second-order valence-corrected chi connectivity index (χ2v) is 11.8. The molecule has 2 atom stereocenters. The molecule has 0 spiro atoms. The van der Waals surface area contributed by atoms with Crippen LogP contribution in [0.5, 0.6) is 0 Å². The van der Waals surface area contributed by atoms with Crippen molar-refractivity contribution in [3.63, 3.8) is 0 Å². The smallest absolute Gasteiger partial charge is 0.355 e. The number of hydrogen-bond acceptors (Lipinski definition) is 7. The van der Waals surface area contributed by atoms with E-state index in [1.165, 1.54) is 28.8 Å². The first-order valence-corrected chi connectivity index (χ1v) is 14.8. The predicted octanol–water partition coefficient (Wildman–Crippen LogP) is 4.32. The number of aliphatic hydroxyl groups is 1. The van der Waals surface area contributed by atoms with Gasteiger partial charge in [-0.2, -0.15) is 4.98 Å². The highest BCUT2D eigenvalue weighted by molar-refractivity contribution is 5.91. The van der Waals surface area contributed by atoms with Crippen molar-refractivity contribution in [2.24, 2.45) is 0 Å². The number of pyridine rings is 2. The number of carbonyl (C=O) groups excluding carboxylic acids is 1. The highest BCUT2D eigenvalue weighted by atomic mass is 19.1. The van der Waals surface area contributed by atoms with Crippen molar-refractivity contribution in [2.45, 2.75) is 58.1 Å². The van der Waals surface area contributed by atoms with Crippen LogP contribution in [0.15, 0.2) is 54.0 Å². The number of aryl methyl sites for hydroxylation is 1. The van der Waals surface area contributed by atoms with Crippen LogP contribution in [-0.4, -0.2) is 67.2 Å². The lowest BCUT2D eigenvalue weighted by Gasteiger charge is -2.40. The maximum atomic E-state index is 16.2. The zero-order chi connectivity index (χ0) is 31.3. The van der Waals surface area contributed by atoms with Crippen molar-refractivity contribution in [3.8, 4) is 16.9 Å². The SMILES string of the molecule is C=CC(=O)N1CCN(c2nc(=O)n3c4nc(c(F)cc24)-c2c(F)cccc2CC(O)CCc2ccnc(C(C)C)c2-3)[C@@H](C)C1. The zero-order valence-electron chi connectivity index (χ0n) is 24.9. The first-order valence-electron chi connectivity index (χ1n) is 14.8. The van der Waals surface area contributed by atoms with Crippen molar-refractivity contribution in [2.75, 3.05) is 24.5 Å². The number of carbonyl (C=O) groups is 1. The van der Waals surface area contributed by atoms with E-state index in [2.05, 4.69) is 16.5 Å². The Morgan fingerprint density at radius 2 is 1.93 bits per heavy atom. The number of piperazine rings is 1. The molecule has 2 aliphatic heterocycles. The van der Waals surface area contributed by atoms with Crippen LogP contribution in [0.1, 0.15) is 49.9 Å². The minimum absolute atomic E-state index is 0.0516. The maximum absolute atomic E-state index is 16.2. The molecule has 2 bridgehead atoms. The minimum atomic E-state index is -0.852. The molecule has 1 unspecified atom stereocenters. The third-order valence-corrected chi connectivity index (χ3v) is 8.53. The first-order chi connectivity index (χ1) is 21.1. The molecule has 1 saturated heterocycles. The molecule has 1 amide bonds. The van der Waals surface area contributed by atoms with E-state index in [1.54, 1.807) is 17.2 Å². The summed E-state index contributed by atoms with van der Waals surface area (Å²) < 4.78 is 33.0. The molecule has 2 aliphatic rings. The molecule has 228 valence electrons. The Balaban J connectivity index is 1.69. The first kappa shape index (κ1) is 29.6. The molecule has 1 N–H and O–H groups in total. The second-order valence-electron chi connectivity index (χ2n) is 11.8. The second kappa shape index (κ2) is 11.5. The van der Waals surface area contributed by atoms with Gasteiger partial charge in [-0.3, -0.25) is 9.78 Å². The van der Waals surface area contributed by atoms with E-state index in [9.17, 15) is 14.7 Å². The Morgan fingerprint density at radius 1 is 1.14 bits per heavy atom. The summed E-state index contributed by atoms with van der Waals surface area (Å²) >= 11 is 0. The highest BCUT2D eigenvalue weighted by Gasteiger charge is 2.31. The Morgan fingerprint density at radius 3 is 2.66 bits per heavy atom. The van der Waals surface area contributed by atoms with Crippen molar-refractivity contribution in [1.82, 2.24) is 24.4 Å². The molecule has 0 radical (unpaired) electrons. The quantitative estimate of drug-likeness (QED) is 0.350. The summed E-state index contributed by atoms with van der Waals surface area (Å²) in [5.41, 5.74) is 1.46. The summed E-state index contributed by atoms with van der Waals surface area (Å²) in [7, 11) is 0. The number of aromatic nitrogens is 4. The molecular weight excluding hydrogens is 566 g/mol. The van der Waals surface area contributed by atoms with Gasteiger partial charge in [0, 0.05) is 37.4 Å². The number of anilines is 1.